The molecule has 26 heavy (non-hydrogen) atoms. The lowest BCUT2D eigenvalue weighted by molar-refractivity contribution is 0.0985. The predicted octanol–water partition coefficient (Wildman–Crippen LogP) is 2.43. The van der Waals surface area contributed by atoms with Crippen LogP contribution in [0.4, 0.5) is 5.69 Å². The van der Waals surface area contributed by atoms with Gasteiger partial charge in [0.25, 0.3) is 5.91 Å². The molecule has 0 spiro atoms. The first kappa shape index (κ1) is 16.3. The molecule has 1 aliphatic rings. The molecule has 0 unspecified atom stereocenters. The number of carbonyl (C=O) groups excluding carboxylic acids is 1. The third-order valence-corrected chi connectivity index (χ3v) is 4.91. The summed E-state index contributed by atoms with van der Waals surface area (Å²) in [5.41, 5.74) is 4.51. The number of hydrogen-bond donors (Lipinski definition) is 2. The normalized spacial score (nSPS) is 13.7. The summed E-state index contributed by atoms with van der Waals surface area (Å²) >= 11 is 0. The van der Waals surface area contributed by atoms with Crippen LogP contribution < -0.4 is 16.0 Å². The highest BCUT2D eigenvalue weighted by Gasteiger charge is 2.25. The van der Waals surface area contributed by atoms with Crippen LogP contribution in [0.5, 0.6) is 0 Å². The number of benzene rings is 2. The number of carbonyl (C=O) groups is 1. The summed E-state index contributed by atoms with van der Waals surface area (Å²) < 4.78 is 0. The zero-order chi connectivity index (χ0) is 18.4. The second-order valence-corrected chi connectivity index (χ2v) is 6.81. The lowest BCUT2D eigenvalue weighted by Gasteiger charge is -2.31. The number of aromatic amines is 2. The van der Waals surface area contributed by atoms with Gasteiger partial charge in [-0.2, -0.15) is 0 Å². The van der Waals surface area contributed by atoms with Gasteiger partial charge in [0, 0.05) is 17.8 Å². The lowest BCUT2D eigenvalue weighted by Crippen LogP contribution is -2.36. The molecule has 1 aliphatic heterocycles. The second-order valence-electron chi connectivity index (χ2n) is 6.81. The number of hydrogen-bond acceptors (Lipinski definition) is 3. The van der Waals surface area contributed by atoms with Crippen molar-refractivity contribution in [3.05, 3.63) is 73.3 Å². The zero-order valence-electron chi connectivity index (χ0n) is 14.7. The fourth-order valence-corrected chi connectivity index (χ4v) is 3.69. The van der Waals surface area contributed by atoms with Crippen molar-refractivity contribution in [1.29, 1.82) is 0 Å². The van der Waals surface area contributed by atoms with Gasteiger partial charge in [0.15, 0.2) is 0 Å². The van der Waals surface area contributed by atoms with Gasteiger partial charge in [-0.1, -0.05) is 6.07 Å². The maximum Gasteiger partial charge on any atom is 0.314 e. The van der Waals surface area contributed by atoms with Crippen LogP contribution in [-0.2, 0) is 6.42 Å². The second kappa shape index (κ2) is 5.98. The molecule has 132 valence electrons. The molecule has 0 fully saturated rings. The minimum absolute atomic E-state index is 0.107. The van der Waals surface area contributed by atoms with E-state index in [1.54, 1.807) is 18.2 Å². The summed E-state index contributed by atoms with van der Waals surface area (Å²) in [6, 6.07) is 9.14. The molecule has 0 saturated carbocycles. The van der Waals surface area contributed by atoms with Crippen LogP contribution in [-0.4, -0.2) is 22.4 Å². The van der Waals surface area contributed by atoms with E-state index in [1.807, 2.05) is 11.8 Å². The summed E-state index contributed by atoms with van der Waals surface area (Å²) in [5, 5.41) is 0. The Bertz CT molecular complexity index is 1160. The maximum atomic E-state index is 13.1. The molecule has 3 aromatic rings. The van der Waals surface area contributed by atoms with Crippen LogP contribution in [0.15, 0.2) is 39.9 Å². The average molecular weight is 349 g/mol. The Morgan fingerprint density at radius 1 is 1.00 bits per heavy atom. The van der Waals surface area contributed by atoms with Crippen molar-refractivity contribution in [2.75, 3.05) is 11.4 Å². The van der Waals surface area contributed by atoms with Crippen molar-refractivity contribution < 1.29 is 4.79 Å². The Morgan fingerprint density at radius 2 is 1.73 bits per heavy atom. The molecule has 0 radical (unpaired) electrons. The number of aryl methyl sites for hydroxylation is 2. The van der Waals surface area contributed by atoms with Crippen LogP contribution in [0.3, 0.4) is 0 Å². The van der Waals surface area contributed by atoms with Crippen molar-refractivity contribution in [2.45, 2.75) is 26.7 Å². The van der Waals surface area contributed by atoms with Gasteiger partial charge in [-0.05, 0) is 67.6 Å². The van der Waals surface area contributed by atoms with Gasteiger partial charge in [0.05, 0.1) is 11.0 Å². The fourth-order valence-electron chi connectivity index (χ4n) is 3.69. The molecule has 2 aromatic carbocycles. The minimum atomic E-state index is -0.725. The smallest absolute Gasteiger partial charge is 0.314 e. The zero-order valence-corrected chi connectivity index (χ0v) is 14.7. The third-order valence-electron chi connectivity index (χ3n) is 4.91. The summed E-state index contributed by atoms with van der Waals surface area (Å²) in [4.78, 5) is 43.0. The van der Waals surface area contributed by atoms with Gasteiger partial charge < -0.3 is 14.9 Å². The van der Waals surface area contributed by atoms with Crippen molar-refractivity contribution in [3.63, 3.8) is 0 Å². The molecule has 1 amide bonds. The Morgan fingerprint density at radius 3 is 2.50 bits per heavy atom. The highest BCUT2D eigenvalue weighted by Crippen LogP contribution is 2.32. The van der Waals surface area contributed by atoms with Crippen molar-refractivity contribution in [3.8, 4) is 0 Å². The molecule has 6 nitrogen and oxygen atoms in total. The van der Waals surface area contributed by atoms with E-state index < -0.39 is 11.1 Å². The maximum absolute atomic E-state index is 13.1. The minimum Gasteiger partial charge on any atom is -0.316 e. The van der Waals surface area contributed by atoms with Crippen LogP contribution in [0.25, 0.3) is 11.0 Å². The van der Waals surface area contributed by atoms with E-state index in [0.717, 1.165) is 24.1 Å². The van der Waals surface area contributed by atoms with Gasteiger partial charge in [-0.3, -0.25) is 14.4 Å². The average Bonchev–Trinajstić information content (AvgIpc) is 2.61. The molecular formula is C20H19N3O3. The van der Waals surface area contributed by atoms with Crippen LogP contribution in [0.1, 0.15) is 33.5 Å². The first-order valence-corrected chi connectivity index (χ1v) is 8.62. The van der Waals surface area contributed by atoms with E-state index in [4.69, 9.17) is 0 Å². The fraction of sp³-hybridized carbons (Fsp3) is 0.250. The quantitative estimate of drug-likeness (QED) is 0.662. The molecule has 2 heterocycles. The highest BCUT2D eigenvalue weighted by molar-refractivity contribution is 6.08. The number of aromatic nitrogens is 2. The van der Waals surface area contributed by atoms with Gasteiger partial charge >= 0.3 is 11.1 Å². The van der Waals surface area contributed by atoms with Crippen molar-refractivity contribution in [1.82, 2.24) is 9.97 Å². The molecule has 1 aromatic heterocycles. The van der Waals surface area contributed by atoms with Gasteiger partial charge in [0.2, 0.25) is 0 Å². The number of fused-ring (bicyclic) bond motifs is 2. The third kappa shape index (κ3) is 2.63. The lowest BCUT2D eigenvalue weighted by atomic mass is 9.94. The van der Waals surface area contributed by atoms with Crippen LogP contribution in [0.2, 0.25) is 0 Å². The molecular weight excluding hydrogens is 330 g/mol. The molecule has 2 N–H and O–H groups in total. The summed E-state index contributed by atoms with van der Waals surface area (Å²) in [7, 11) is 0. The Balaban J connectivity index is 1.80. The molecule has 6 heteroatoms. The van der Waals surface area contributed by atoms with Gasteiger partial charge in [0.1, 0.15) is 0 Å². The van der Waals surface area contributed by atoms with E-state index in [2.05, 4.69) is 29.0 Å². The molecule has 0 bridgehead atoms. The predicted molar refractivity (Wildman–Crippen MR) is 101 cm³/mol. The summed E-state index contributed by atoms with van der Waals surface area (Å²) in [6.45, 7) is 4.77. The van der Waals surface area contributed by atoms with Crippen molar-refractivity contribution >= 4 is 22.6 Å². The van der Waals surface area contributed by atoms with E-state index >= 15 is 0 Å². The SMILES string of the molecule is Cc1cc(C)c2c(c1)N(C(=O)c1ccc3[nH]c(=O)c(=O)[nH]c3c1)CCC2. The Hall–Kier alpha value is -3.15. The topological polar surface area (TPSA) is 86.0 Å². The van der Waals surface area contributed by atoms with Crippen molar-refractivity contribution in [2.24, 2.45) is 0 Å². The number of H-pyrrole nitrogens is 2. The van der Waals surface area contributed by atoms with E-state index in [-0.39, 0.29) is 5.91 Å². The molecule has 4 rings (SSSR count). The molecule has 0 saturated heterocycles. The van der Waals surface area contributed by atoms with Crippen LogP contribution in [0, 0.1) is 13.8 Å². The van der Waals surface area contributed by atoms with E-state index in [0.29, 0.717) is 23.1 Å². The van der Waals surface area contributed by atoms with E-state index in [1.165, 1.54) is 11.1 Å². The molecule has 0 aliphatic carbocycles. The summed E-state index contributed by atoms with van der Waals surface area (Å²) in [5.74, 6) is -0.107. The number of nitrogens with one attached hydrogen (secondary N) is 2. The first-order chi connectivity index (χ1) is 12.4. The van der Waals surface area contributed by atoms with Gasteiger partial charge in [-0.25, -0.2) is 0 Å². The highest BCUT2D eigenvalue weighted by atomic mass is 16.2. The number of nitrogens with zero attached hydrogens (tertiary/aromatic N) is 1. The Labute approximate surface area is 149 Å². The molecule has 0 atom stereocenters. The standard InChI is InChI=1S/C20H19N3O3/c1-11-8-12(2)14-4-3-7-23(17(14)9-11)20(26)13-5-6-15-16(10-13)22-19(25)18(24)21-15/h5-6,8-10H,3-4,7H2,1-2H3,(H,21,24)(H,22,25). The van der Waals surface area contributed by atoms with Gasteiger partial charge in [-0.15, -0.1) is 0 Å². The number of rotatable bonds is 1. The number of amides is 1. The van der Waals surface area contributed by atoms with E-state index in [9.17, 15) is 14.4 Å². The summed E-state index contributed by atoms with van der Waals surface area (Å²) in [6.07, 6.45) is 1.89. The van der Waals surface area contributed by atoms with Crippen LogP contribution >= 0.6 is 0 Å². The number of anilines is 1. The monoisotopic (exact) mass is 349 g/mol. The Kier molecular flexibility index (Phi) is 3.76. The first-order valence-electron chi connectivity index (χ1n) is 8.62. The largest absolute Gasteiger partial charge is 0.316 e.